The van der Waals surface area contributed by atoms with Crippen LogP contribution in [0.2, 0.25) is 5.02 Å². The van der Waals surface area contributed by atoms with Gasteiger partial charge >= 0.3 is 5.97 Å². The maximum atomic E-state index is 12.0. The minimum atomic E-state index is -1.01. The van der Waals surface area contributed by atoms with E-state index >= 15 is 0 Å². The topological polar surface area (TPSA) is 78.9 Å². The molecule has 0 saturated carbocycles. The van der Waals surface area contributed by atoms with Crippen LogP contribution < -0.4 is 5.32 Å². The second-order valence-corrected chi connectivity index (χ2v) is 5.38. The van der Waals surface area contributed by atoms with Crippen molar-refractivity contribution in [3.63, 3.8) is 0 Å². The molecular weight excluding hydrogens is 296 g/mol. The number of aryl methyl sites for hydroxylation is 1. The third-order valence-corrected chi connectivity index (χ3v) is 3.50. The molecule has 1 heterocycles. The number of morpholine rings is 1. The van der Waals surface area contributed by atoms with Crippen LogP contribution in [0.25, 0.3) is 0 Å². The van der Waals surface area contributed by atoms with Gasteiger partial charge in [0.05, 0.1) is 13.2 Å². The van der Waals surface area contributed by atoms with E-state index in [0.717, 1.165) is 5.56 Å². The Kier molecular flexibility index (Phi) is 5.17. The summed E-state index contributed by atoms with van der Waals surface area (Å²) < 4.78 is 5.11. The summed E-state index contributed by atoms with van der Waals surface area (Å²) in [6.45, 7) is 3.05. The Balaban J connectivity index is 1.92. The third-order valence-electron chi connectivity index (χ3n) is 3.27. The maximum Gasteiger partial charge on any atom is 0.334 e. The van der Waals surface area contributed by atoms with Crippen molar-refractivity contribution in [2.24, 2.45) is 0 Å². The second-order valence-electron chi connectivity index (χ2n) is 4.94. The van der Waals surface area contributed by atoms with Gasteiger partial charge in [-0.1, -0.05) is 17.7 Å². The smallest absolute Gasteiger partial charge is 0.334 e. The zero-order valence-corrected chi connectivity index (χ0v) is 12.4. The molecule has 1 saturated heterocycles. The molecule has 2 rings (SSSR count). The summed E-state index contributed by atoms with van der Waals surface area (Å²) in [6.07, 6.45) is -0.876. The number of aliphatic carboxylic acids is 1. The number of hydrogen-bond acceptors (Lipinski definition) is 4. The van der Waals surface area contributed by atoms with Crippen LogP contribution in [0.5, 0.6) is 0 Å². The molecule has 1 aromatic rings. The summed E-state index contributed by atoms with van der Waals surface area (Å²) in [5.74, 6) is -1.21. The van der Waals surface area contributed by atoms with Gasteiger partial charge in [-0.3, -0.25) is 9.69 Å². The third kappa shape index (κ3) is 4.42. The Bertz CT molecular complexity index is 550. The molecule has 1 aromatic carbocycles. The number of halogens is 1. The Labute approximate surface area is 127 Å². The molecule has 1 unspecified atom stereocenters. The van der Waals surface area contributed by atoms with Crippen molar-refractivity contribution in [2.75, 3.05) is 31.6 Å². The predicted octanol–water partition coefficient (Wildman–Crippen LogP) is 1.37. The first kappa shape index (κ1) is 15.8. The standard InChI is InChI=1S/C14H17ClN2O4/c1-9-2-3-10(15)6-11(9)16-13(18)8-17-4-5-21-12(7-17)14(19)20/h2-3,6,12H,4-5,7-8H2,1H3,(H,16,18)(H,19,20). The first-order chi connectivity index (χ1) is 9.95. The SMILES string of the molecule is Cc1ccc(Cl)cc1NC(=O)CN1CCOC(C(=O)O)C1. The molecular formula is C14H17ClN2O4. The molecule has 2 N–H and O–H groups in total. The molecule has 1 fully saturated rings. The molecule has 1 aliphatic heterocycles. The highest BCUT2D eigenvalue weighted by atomic mass is 35.5. The summed E-state index contributed by atoms with van der Waals surface area (Å²) in [6, 6.07) is 5.27. The molecule has 114 valence electrons. The fourth-order valence-corrected chi connectivity index (χ4v) is 2.29. The molecule has 1 aliphatic rings. The van der Waals surface area contributed by atoms with Crippen LogP contribution in [0.1, 0.15) is 5.56 Å². The van der Waals surface area contributed by atoms with Gasteiger partial charge in [-0.15, -0.1) is 0 Å². The summed E-state index contributed by atoms with van der Waals surface area (Å²) in [5, 5.41) is 12.3. The summed E-state index contributed by atoms with van der Waals surface area (Å²) in [7, 11) is 0. The van der Waals surface area contributed by atoms with Crippen LogP contribution in [0.3, 0.4) is 0 Å². The van der Waals surface area contributed by atoms with Crippen molar-refractivity contribution in [2.45, 2.75) is 13.0 Å². The number of carbonyl (C=O) groups is 2. The van der Waals surface area contributed by atoms with E-state index in [0.29, 0.717) is 23.9 Å². The average Bonchev–Trinajstić information content (AvgIpc) is 2.43. The van der Waals surface area contributed by atoms with Gasteiger partial charge < -0.3 is 15.2 Å². The summed E-state index contributed by atoms with van der Waals surface area (Å²) in [5.41, 5.74) is 1.58. The zero-order chi connectivity index (χ0) is 15.4. The number of nitrogens with one attached hydrogen (secondary N) is 1. The van der Waals surface area contributed by atoms with Crippen LogP contribution >= 0.6 is 11.6 Å². The van der Waals surface area contributed by atoms with Crippen molar-refractivity contribution in [3.8, 4) is 0 Å². The molecule has 0 bridgehead atoms. The number of ether oxygens (including phenoxy) is 1. The lowest BCUT2D eigenvalue weighted by Gasteiger charge is -2.30. The van der Waals surface area contributed by atoms with E-state index in [-0.39, 0.29) is 19.0 Å². The number of carboxylic acids is 1. The minimum Gasteiger partial charge on any atom is -0.479 e. The van der Waals surface area contributed by atoms with Crippen molar-refractivity contribution in [1.82, 2.24) is 4.90 Å². The Morgan fingerprint density at radius 2 is 2.29 bits per heavy atom. The molecule has 1 atom stereocenters. The van der Waals surface area contributed by atoms with Crippen LogP contribution in [0.15, 0.2) is 18.2 Å². The number of carboxylic acid groups (broad SMARTS) is 1. The van der Waals surface area contributed by atoms with Gasteiger partial charge in [0.2, 0.25) is 5.91 Å². The van der Waals surface area contributed by atoms with Crippen LogP contribution in [-0.4, -0.2) is 54.2 Å². The van der Waals surface area contributed by atoms with Crippen molar-refractivity contribution in [3.05, 3.63) is 28.8 Å². The highest BCUT2D eigenvalue weighted by Crippen LogP contribution is 2.20. The summed E-state index contributed by atoms with van der Waals surface area (Å²) >= 11 is 5.90. The zero-order valence-electron chi connectivity index (χ0n) is 11.6. The molecule has 0 aliphatic carbocycles. The molecule has 7 heteroatoms. The lowest BCUT2D eigenvalue weighted by Crippen LogP contribution is -2.48. The minimum absolute atomic E-state index is 0.124. The molecule has 0 spiro atoms. The molecule has 6 nitrogen and oxygen atoms in total. The Morgan fingerprint density at radius 3 is 3.00 bits per heavy atom. The van der Waals surface area contributed by atoms with Crippen molar-refractivity contribution in [1.29, 1.82) is 0 Å². The largest absolute Gasteiger partial charge is 0.479 e. The van der Waals surface area contributed by atoms with E-state index in [9.17, 15) is 9.59 Å². The van der Waals surface area contributed by atoms with Crippen LogP contribution in [0, 0.1) is 6.92 Å². The first-order valence-corrected chi connectivity index (χ1v) is 6.96. The Morgan fingerprint density at radius 1 is 1.52 bits per heavy atom. The number of amides is 1. The van der Waals surface area contributed by atoms with Crippen LogP contribution in [0.4, 0.5) is 5.69 Å². The fraction of sp³-hybridized carbons (Fsp3) is 0.429. The predicted molar refractivity (Wildman–Crippen MR) is 78.6 cm³/mol. The molecule has 0 aromatic heterocycles. The van der Waals surface area contributed by atoms with Crippen molar-refractivity contribution < 1.29 is 19.4 Å². The van der Waals surface area contributed by atoms with Gasteiger partial charge in [0, 0.05) is 23.8 Å². The van der Waals surface area contributed by atoms with Gasteiger partial charge in [-0.25, -0.2) is 4.79 Å². The van der Waals surface area contributed by atoms with E-state index < -0.39 is 12.1 Å². The quantitative estimate of drug-likeness (QED) is 0.878. The normalized spacial score (nSPS) is 19.2. The van der Waals surface area contributed by atoms with Gasteiger partial charge in [-0.05, 0) is 24.6 Å². The summed E-state index contributed by atoms with van der Waals surface area (Å²) in [4.78, 5) is 24.7. The number of rotatable bonds is 4. The number of benzene rings is 1. The number of nitrogens with zero attached hydrogens (tertiary/aromatic N) is 1. The number of anilines is 1. The van der Waals surface area contributed by atoms with E-state index in [2.05, 4.69) is 5.32 Å². The molecule has 21 heavy (non-hydrogen) atoms. The van der Waals surface area contributed by atoms with Crippen LogP contribution in [-0.2, 0) is 14.3 Å². The lowest BCUT2D eigenvalue weighted by atomic mass is 10.2. The van der Waals surface area contributed by atoms with Crippen molar-refractivity contribution >= 4 is 29.2 Å². The number of hydrogen-bond donors (Lipinski definition) is 2. The van der Waals surface area contributed by atoms with Gasteiger partial charge in [0.15, 0.2) is 6.10 Å². The van der Waals surface area contributed by atoms with E-state index in [1.165, 1.54) is 0 Å². The number of carbonyl (C=O) groups excluding carboxylic acids is 1. The molecule has 1 amide bonds. The van der Waals surface area contributed by atoms with Gasteiger partial charge in [-0.2, -0.15) is 0 Å². The first-order valence-electron chi connectivity index (χ1n) is 6.58. The highest BCUT2D eigenvalue weighted by molar-refractivity contribution is 6.31. The fourth-order valence-electron chi connectivity index (χ4n) is 2.12. The van der Waals surface area contributed by atoms with E-state index in [4.69, 9.17) is 21.4 Å². The highest BCUT2D eigenvalue weighted by Gasteiger charge is 2.27. The monoisotopic (exact) mass is 312 g/mol. The van der Waals surface area contributed by atoms with E-state index in [1.807, 2.05) is 13.0 Å². The van der Waals surface area contributed by atoms with Gasteiger partial charge in [0.1, 0.15) is 0 Å². The lowest BCUT2D eigenvalue weighted by molar-refractivity contribution is -0.156. The molecule has 0 radical (unpaired) electrons. The van der Waals surface area contributed by atoms with E-state index in [1.54, 1.807) is 17.0 Å². The second kappa shape index (κ2) is 6.89. The van der Waals surface area contributed by atoms with Gasteiger partial charge in [0.25, 0.3) is 0 Å². The average molecular weight is 313 g/mol. The maximum absolute atomic E-state index is 12.0. The Hall–Kier alpha value is -1.63.